The number of hydrogen-bond donors (Lipinski definition) is 3. The summed E-state index contributed by atoms with van der Waals surface area (Å²) in [6.07, 6.45) is 0.877. The molecule has 5 rings (SSSR count). The number of hydrogen-bond acceptors (Lipinski definition) is 10. The maximum Gasteiger partial charge on any atom is 0.407 e. The summed E-state index contributed by atoms with van der Waals surface area (Å²) in [5, 5.41) is 26.0. The van der Waals surface area contributed by atoms with Gasteiger partial charge in [0, 0.05) is 5.69 Å². The van der Waals surface area contributed by atoms with Gasteiger partial charge in [-0.15, -0.1) is 0 Å². The summed E-state index contributed by atoms with van der Waals surface area (Å²) in [4.78, 5) is 19.0. The summed E-state index contributed by atoms with van der Waals surface area (Å²) < 4.78 is 45.4. The number of amides is 1. The molecule has 2 aromatic carbocycles. The molecule has 0 radical (unpaired) electrons. The fourth-order valence-corrected chi connectivity index (χ4v) is 7.03. The summed E-state index contributed by atoms with van der Waals surface area (Å²) in [5.41, 5.74) is 1.30. The third-order valence-electron chi connectivity index (χ3n) is 7.99. The summed E-state index contributed by atoms with van der Waals surface area (Å²) in [6.45, 7) is 0.333. The summed E-state index contributed by atoms with van der Waals surface area (Å²) >= 11 is 0. The van der Waals surface area contributed by atoms with Crippen molar-refractivity contribution in [3.8, 4) is 6.07 Å². The molecule has 12 nitrogen and oxygen atoms in total. The average molecular weight is 615 g/mol. The number of fused-ring (bicyclic) bond motifs is 1. The van der Waals surface area contributed by atoms with Crippen molar-refractivity contribution in [2.75, 3.05) is 31.6 Å². The number of hydroxylamine groups is 1. The van der Waals surface area contributed by atoms with E-state index >= 15 is 0 Å². The molecule has 2 heterocycles. The van der Waals surface area contributed by atoms with Gasteiger partial charge in [0.15, 0.2) is 6.29 Å². The maximum atomic E-state index is 13.9. The molecule has 2 saturated heterocycles. The Hall–Kier alpha value is -3.25. The van der Waals surface area contributed by atoms with Crippen LogP contribution in [0.4, 0.5) is 10.5 Å². The monoisotopic (exact) mass is 614 g/mol. The number of aliphatic hydroxyl groups excluding tert-OH is 1. The predicted octanol–water partition coefficient (Wildman–Crippen LogP) is 2.95. The summed E-state index contributed by atoms with van der Waals surface area (Å²) in [7, 11) is -4.24. The lowest BCUT2D eigenvalue weighted by atomic mass is 10.0. The zero-order valence-corrected chi connectivity index (χ0v) is 24.7. The minimum atomic E-state index is -4.24. The molecule has 232 valence electrons. The van der Waals surface area contributed by atoms with Gasteiger partial charge >= 0.3 is 6.09 Å². The van der Waals surface area contributed by atoms with E-state index in [2.05, 4.69) is 10.6 Å². The smallest absolute Gasteiger partial charge is 0.407 e. The van der Waals surface area contributed by atoms with Crippen molar-refractivity contribution in [2.45, 2.75) is 74.1 Å². The van der Waals surface area contributed by atoms with Crippen molar-refractivity contribution < 1.29 is 37.4 Å². The second kappa shape index (κ2) is 14.5. The highest BCUT2D eigenvalue weighted by molar-refractivity contribution is 7.89. The van der Waals surface area contributed by atoms with Gasteiger partial charge in [-0.05, 0) is 49.4 Å². The number of carbonyl (C=O) groups is 1. The fraction of sp³-hybridized carbons (Fsp3) is 0.533. The van der Waals surface area contributed by atoms with Gasteiger partial charge in [-0.1, -0.05) is 53.7 Å². The Morgan fingerprint density at radius 1 is 1.12 bits per heavy atom. The SMILES string of the molecule is N#CCNc1cccc(S(=O)(=O)N(C[C@H](O)[C@H](Cc2ccccc2)NC(=O)O[C@@H]2CO[C@@H]3OCC[C@@H]32)OC2CCCC2)c1. The molecular weight excluding hydrogens is 576 g/mol. The van der Waals surface area contributed by atoms with Gasteiger partial charge in [0.1, 0.15) is 12.6 Å². The first-order valence-corrected chi connectivity index (χ1v) is 16.1. The van der Waals surface area contributed by atoms with Crippen LogP contribution in [0.1, 0.15) is 37.7 Å². The molecule has 0 unspecified atom stereocenters. The molecule has 13 heteroatoms. The molecular formula is C30H38N4O8S. The number of nitrogens with zero attached hydrogens (tertiary/aromatic N) is 2. The second-order valence-corrected chi connectivity index (χ2v) is 12.8. The van der Waals surface area contributed by atoms with Crippen LogP contribution in [0.3, 0.4) is 0 Å². The minimum Gasteiger partial charge on any atom is -0.443 e. The van der Waals surface area contributed by atoms with E-state index in [9.17, 15) is 18.3 Å². The van der Waals surface area contributed by atoms with E-state index in [1.807, 2.05) is 36.4 Å². The number of sulfonamides is 1. The summed E-state index contributed by atoms with van der Waals surface area (Å²) in [6, 6.07) is 16.4. The van der Waals surface area contributed by atoms with E-state index in [1.165, 1.54) is 12.1 Å². The highest BCUT2D eigenvalue weighted by Gasteiger charge is 2.44. The first-order valence-electron chi connectivity index (χ1n) is 14.7. The van der Waals surface area contributed by atoms with Crippen molar-refractivity contribution in [3.63, 3.8) is 0 Å². The highest BCUT2D eigenvalue weighted by Crippen LogP contribution is 2.33. The normalized spacial score (nSPS) is 23.4. The van der Waals surface area contributed by atoms with E-state index in [1.54, 1.807) is 12.1 Å². The number of aliphatic hydroxyl groups is 1. The Morgan fingerprint density at radius 3 is 2.67 bits per heavy atom. The molecule has 1 aliphatic carbocycles. The molecule has 0 aromatic heterocycles. The highest BCUT2D eigenvalue weighted by atomic mass is 32.2. The number of nitriles is 1. The number of rotatable bonds is 13. The van der Waals surface area contributed by atoms with Crippen LogP contribution in [0.2, 0.25) is 0 Å². The third kappa shape index (κ3) is 8.03. The van der Waals surface area contributed by atoms with Crippen LogP contribution in [0, 0.1) is 17.2 Å². The zero-order chi connectivity index (χ0) is 30.2. The Morgan fingerprint density at radius 2 is 1.91 bits per heavy atom. The number of benzene rings is 2. The number of anilines is 1. The molecule has 0 spiro atoms. The lowest BCUT2D eigenvalue weighted by molar-refractivity contribution is -0.145. The third-order valence-corrected chi connectivity index (χ3v) is 9.61. The van der Waals surface area contributed by atoms with Crippen LogP contribution in [0.15, 0.2) is 59.5 Å². The number of nitrogens with one attached hydrogen (secondary N) is 2. The van der Waals surface area contributed by atoms with Crippen LogP contribution in [-0.2, 0) is 35.5 Å². The summed E-state index contributed by atoms with van der Waals surface area (Å²) in [5.74, 6) is -0.0536. The topological polar surface area (TPSA) is 159 Å². The lowest BCUT2D eigenvalue weighted by Gasteiger charge is -2.31. The fourth-order valence-electron chi connectivity index (χ4n) is 5.69. The zero-order valence-electron chi connectivity index (χ0n) is 23.8. The molecule has 2 aliphatic heterocycles. The first kappa shape index (κ1) is 31.2. The number of carbonyl (C=O) groups excluding carboxylic acids is 1. The van der Waals surface area contributed by atoms with Crippen molar-refractivity contribution >= 4 is 21.8 Å². The van der Waals surface area contributed by atoms with Crippen LogP contribution in [-0.4, -0.2) is 81.0 Å². The average Bonchev–Trinajstić information content (AvgIpc) is 3.77. The van der Waals surface area contributed by atoms with Crippen molar-refractivity contribution in [3.05, 3.63) is 60.2 Å². The molecule has 3 N–H and O–H groups in total. The van der Waals surface area contributed by atoms with Crippen LogP contribution < -0.4 is 10.6 Å². The predicted molar refractivity (Wildman–Crippen MR) is 155 cm³/mol. The van der Waals surface area contributed by atoms with E-state index in [4.69, 9.17) is 24.3 Å². The van der Waals surface area contributed by atoms with Gasteiger partial charge in [0.2, 0.25) is 0 Å². The molecule has 2 aromatic rings. The van der Waals surface area contributed by atoms with Crippen molar-refractivity contribution in [2.24, 2.45) is 5.92 Å². The van der Waals surface area contributed by atoms with Crippen molar-refractivity contribution in [1.82, 2.24) is 9.79 Å². The van der Waals surface area contributed by atoms with E-state index in [0.717, 1.165) is 29.3 Å². The van der Waals surface area contributed by atoms with Gasteiger partial charge in [0.05, 0.1) is 54.9 Å². The van der Waals surface area contributed by atoms with E-state index < -0.39 is 40.9 Å². The van der Waals surface area contributed by atoms with Crippen LogP contribution in [0.25, 0.3) is 0 Å². The molecule has 3 aliphatic rings. The standard InChI is InChI=1S/C30H38N4O8S/c31-14-15-32-22-9-6-12-24(18-22)43(37,38)34(42-23-10-4-5-11-23)19-27(35)26(17-21-7-2-1-3-8-21)33-30(36)41-28-20-40-29-25(28)13-16-39-29/h1-3,6-9,12,18,23,25-29,32,35H,4-5,10-11,13,15-17,19-20H2,(H,33,36)/t25-,26+,27+,28-,29+/m1/s1. The van der Waals surface area contributed by atoms with E-state index in [-0.39, 0.29) is 42.8 Å². The van der Waals surface area contributed by atoms with Gasteiger partial charge in [0.25, 0.3) is 10.0 Å². The molecule has 1 saturated carbocycles. The Labute approximate surface area is 251 Å². The van der Waals surface area contributed by atoms with Gasteiger partial charge in [-0.3, -0.25) is 4.84 Å². The Balaban J connectivity index is 1.34. The molecule has 5 atom stereocenters. The quantitative estimate of drug-likeness (QED) is 0.226. The largest absolute Gasteiger partial charge is 0.443 e. The van der Waals surface area contributed by atoms with E-state index in [0.29, 0.717) is 25.1 Å². The molecule has 3 fully saturated rings. The number of alkyl carbamates (subject to hydrolysis) is 1. The molecule has 43 heavy (non-hydrogen) atoms. The van der Waals surface area contributed by atoms with Gasteiger partial charge in [-0.2, -0.15) is 5.26 Å². The Kier molecular flexibility index (Phi) is 10.5. The Bertz CT molecular complexity index is 1370. The second-order valence-electron chi connectivity index (χ2n) is 11.0. The number of ether oxygens (including phenoxy) is 3. The van der Waals surface area contributed by atoms with Crippen LogP contribution >= 0.6 is 0 Å². The van der Waals surface area contributed by atoms with Gasteiger partial charge < -0.3 is 30.0 Å². The molecule has 1 amide bonds. The first-order chi connectivity index (χ1) is 20.8. The lowest BCUT2D eigenvalue weighted by Crippen LogP contribution is -2.51. The maximum absolute atomic E-state index is 13.9. The van der Waals surface area contributed by atoms with Gasteiger partial charge in [-0.25, -0.2) is 13.2 Å². The van der Waals surface area contributed by atoms with Crippen LogP contribution in [0.5, 0.6) is 0 Å². The minimum absolute atomic E-state index is 0.00878. The van der Waals surface area contributed by atoms with Crippen molar-refractivity contribution in [1.29, 1.82) is 5.26 Å². The molecule has 0 bridgehead atoms.